The first-order valence-electron chi connectivity index (χ1n) is 5.40. The van der Waals surface area contributed by atoms with E-state index in [1.165, 1.54) is 0 Å². The number of nitrogens with one attached hydrogen (secondary N) is 1. The Bertz CT molecular complexity index is 393. The van der Waals surface area contributed by atoms with Crippen molar-refractivity contribution in [1.82, 2.24) is 10.2 Å². The molecule has 0 aromatic carbocycles. The molecule has 0 aromatic rings. The summed E-state index contributed by atoms with van der Waals surface area (Å²) in [5.74, 6) is -1.34. The minimum Gasteiger partial charge on any atom is -0.480 e. The SMILES string of the molecule is CC(C)N(CC(=O)O)C(=O)NCCCS(N)(=O)=O. The van der Waals surface area contributed by atoms with Gasteiger partial charge in [-0.25, -0.2) is 18.4 Å². The van der Waals surface area contributed by atoms with E-state index in [-0.39, 0.29) is 24.8 Å². The van der Waals surface area contributed by atoms with Gasteiger partial charge in [0.25, 0.3) is 0 Å². The van der Waals surface area contributed by atoms with Gasteiger partial charge in [0.15, 0.2) is 0 Å². The molecule has 0 saturated carbocycles. The van der Waals surface area contributed by atoms with Gasteiger partial charge in [0.1, 0.15) is 6.54 Å². The van der Waals surface area contributed by atoms with Crippen molar-refractivity contribution in [1.29, 1.82) is 0 Å². The van der Waals surface area contributed by atoms with Crippen LogP contribution in [0, 0.1) is 0 Å². The molecule has 0 aromatic heterocycles. The maximum atomic E-state index is 11.6. The number of urea groups is 1. The smallest absolute Gasteiger partial charge is 0.323 e. The van der Waals surface area contributed by atoms with Crippen LogP contribution in [0.5, 0.6) is 0 Å². The lowest BCUT2D eigenvalue weighted by atomic mass is 10.3. The van der Waals surface area contributed by atoms with Gasteiger partial charge in [0, 0.05) is 12.6 Å². The van der Waals surface area contributed by atoms with Crippen molar-refractivity contribution in [3.8, 4) is 0 Å². The van der Waals surface area contributed by atoms with Crippen molar-refractivity contribution >= 4 is 22.0 Å². The Hall–Kier alpha value is -1.35. The molecule has 18 heavy (non-hydrogen) atoms. The molecule has 0 atom stereocenters. The molecule has 0 rings (SSSR count). The van der Waals surface area contributed by atoms with E-state index in [1.807, 2.05) is 0 Å². The second kappa shape index (κ2) is 7.17. The Kier molecular flexibility index (Phi) is 6.63. The molecule has 0 fully saturated rings. The van der Waals surface area contributed by atoms with Gasteiger partial charge in [-0.3, -0.25) is 4.79 Å². The molecule has 0 saturated heterocycles. The fourth-order valence-electron chi connectivity index (χ4n) is 1.20. The summed E-state index contributed by atoms with van der Waals surface area (Å²) >= 11 is 0. The summed E-state index contributed by atoms with van der Waals surface area (Å²) in [5.41, 5.74) is 0. The molecular formula is C9H19N3O5S. The van der Waals surface area contributed by atoms with Gasteiger partial charge in [-0.15, -0.1) is 0 Å². The van der Waals surface area contributed by atoms with E-state index >= 15 is 0 Å². The lowest BCUT2D eigenvalue weighted by molar-refractivity contribution is -0.138. The minimum atomic E-state index is -3.54. The number of carboxylic acid groups (broad SMARTS) is 1. The third-order valence-corrected chi connectivity index (χ3v) is 2.93. The summed E-state index contributed by atoms with van der Waals surface area (Å²) in [6.07, 6.45) is 0.184. The number of primary sulfonamides is 1. The van der Waals surface area contributed by atoms with E-state index in [2.05, 4.69) is 5.32 Å². The molecule has 2 amide bonds. The quantitative estimate of drug-likeness (QED) is 0.524. The fourth-order valence-corrected chi connectivity index (χ4v) is 1.75. The molecule has 8 nitrogen and oxygen atoms in total. The number of hydrogen-bond donors (Lipinski definition) is 3. The van der Waals surface area contributed by atoms with Gasteiger partial charge >= 0.3 is 12.0 Å². The molecule has 0 spiro atoms. The highest BCUT2D eigenvalue weighted by atomic mass is 32.2. The zero-order valence-corrected chi connectivity index (χ0v) is 11.2. The predicted octanol–water partition coefficient (Wildman–Crippen LogP) is -0.830. The molecular weight excluding hydrogens is 262 g/mol. The molecule has 0 bridgehead atoms. The van der Waals surface area contributed by atoms with E-state index in [0.29, 0.717) is 0 Å². The van der Waals surface area contributed by atoms with Crippen molar-refractivity contribution in [2.75, 3.05) is 18.8 Å². The van der Waals surface area contributed by atoms with Gasteiger partial charge in [-0.2, -0.15) is 0 Å². The maximum absolute atomic E-state index is 11.6. The summed E-state index contributed by atoms with van der Waals surface area (Å²) < 4.78 is 21.3. The molecule has 0 aliphatic carbocycles. The molecule has 4 N–H and O–H groups in total. The van der Waals surface area contributed by atoms with Gasteiger partial charge in [0.05, 0.1) is 5.75 Å². The third kappa shape index (κ3) is 7.85. The van der Waals surface area contributed by atoms with Crippen LogP contribution >= 0.6 is 0 Å². The highest BCUT2D eigenvalue weighted by Gasteiger charge is 2.19. The van der Waals surface area contributed by atoms with Crippen molar-refractivity contribution in [3.63, 3.8) is 0 Å². The Morgan fingerprint density at radius 1 is 1.39 bits per heavy atom. The number of nitrogens with two attached hydrogens (primary N) is 1. The number of carboxylic acids is 1. The van der Waals surface area contributed by atoms with E-state index < -0.39 is 28.6 Å². The van der Waals surface area contributed by atoms with Gasteiger partial charge in [-0.1, -0.05) is 0 Å². The first-order valence-corrected chi connectivity index (χ1v) is 7.11. The van der Waals surface area contributed by atoms with Crippen LogP contribution < -0.4 is 10.5 Å². The standard InChI is InChI=1S/C9H19N3O5S/c1-7(2)12(6-8(13)14)9(15)11-4-3-5-18(10,16)17/h7H,3-6H2,1-2H3,(H,11,15)(H,13,14)(H2,10,16,17). The van der Waals surface area contributed by atoms with Crippen molar-refractivity contribution in [3.05, 3.63) is 0 Å². The number of sulfonamides is 1. The van der Waals surface area contributed by atoms with Crippen molar-refractivity contribution < 1.29 is 23.1 Å². The van der Waals surface area contributed by atoms with E-state index in [0.717, 1.165) is 4.90 Å². The number of amides is 2. The van der Waals surface area contributed by atoms with Crippen LogP contribution in [0.15, 0.2) is 0 Å². The van der Waals surface area contributed by atoms with Crippen LogP contribution in [0.1, 0.15) is 20.3 Å². The van der Waals surface area contributed by atoms with E-state index in [4.69, 9.17) is 10.2 Å². The Morgan fingerprint density at radius 2 is 1.94 bits per heavy atom. The van der Waals surface area contributed by atoms with Crippen LogP contribution in [0.3, 0.4) is 0 Å². The lowest BCUT2D eigenvalue weighted by Gasteiger charge is -2.25. The molecule has 0 aliphatic rings. The molecule has 0 unspecified atom stereocenters. The number of carbonyl (C=O) groups is 2. The molecule has 9 heteroatoms. The average Bonchev–Trinajstić information content (AvgIpc) is 2.18. The number of hydrogen-bond acceptors (Lipinski definition) is 4. The zero-order valence-electron chi connectivity index (χ0n) is 10.4. The molecule has 0 heterocycles. The third-order valence-electron chi connectivity index (χ3n) is 2.07. The van der Waals surface area contributed by atoms with Crippen LogP contribution in [-0.2, 0) is 14.8 Å². The van der Waals surface area contributed by atoms with Gasteiger partial charge < -0.3 is 15.3 Å². The number of rotatable bonds is 7. The van der Waals surface area contributed by atoms with E-state index in [1.54, 1.807) is 13.8 Å². The highest BCUT2D eigenvalue weighted by Crippen LogP contribution is 1.98. The number of nitrogens with zero attached hydrogens (tertiary/aromatic N) is 1. The number of aliphatic carboxylic acids is 1. The Morgan fingerprint density at radius 3 is 2.33 bits per heavy atom. The largest absolute Gasteiger partial charge is 0.480 e. The first kappa shape index (κ1) is 16.6. The summed E-state index contributed by atoms with van der Waals surface area (Å²) in [6.45, 7) is 3.09. The first-order chi connectivity index (χ1) is 8.13. The van der Waals surface area contributed by atoms with Crippen LogP contribution in [-0.4, -0.2) is 55.3 Å². The van der Waals surface area contributed by atoms with E-state index in [9.17, 15) is 18.0 Å². The highest BCUT2D eigenvalue weighted by molar-refractivity contribution is 7.89. The molecule has 106 valence electrons. The monoisotopic (exact) mass is 281 g/mol. The van der Waals surface area contributed by atoms with Crippen LogP contribution in [0.25, 0.3) is 0 Å². The maximum Gasteiger partial charge on any atom is 0.323 e. The normalized spacial score (nSPS) is 11.3. The van der Waals surface area contributed by atoms with Gasteiger partial charge in [0.2, 0.25) is 10.0 Å². The zero-order chi connectivity index (χ0) is 14.3. The van der Waals surface area contributed by atoms with Crippen LogP contribution in [0.2, 0.25) is 0 Å². The van der Waals surface area contributed by atoms with Crippen LogP contribution in [0.4, 0.5) is 4.79 Å². The van der Waals surface area contributed by atoms with Gasteiger partial charge in [-0.05, 0) is 20.3 Å². The lowest BCUT2D eigenvalue weighted by Crippen LogP contribution is -2.46. The summed E-state index contributed by atoms with van der Waals surface area (Å²) in [7, 11) is -3.54. The second-order valence-corrected chi connectivity index (χ2v) is 5.80. The Balaban J connectivity index is 4.15. The topological polar surface area (TPSA) is 130 Å². The summed E-state index contributed by atoms with van der Waals surface area (Å²) in [6, 6.07) is -0.804. The second-order valence-electron chi connectivity index (χ2n) is 4.07. The molecule has 0 aliphatic heterocycles. The fraction of sp³-hybridized carbons (Fsp3) is 0.778. The molecule has 0 radical (unpaired) electrons. The van der Waals surface area contributed by atoms with Crippen molar-refractivity contribution in [2.24, 2.45) is 5.14 Å². The predicted molar refractivity (Wildman–Crippen MR) is 65.5 cm³/mol. The minimum absolute atomic E-state index is 0.123. The summed E-state index contributed by atoms with van der Waals surface area (Å²) in [5, 5.41) is 15.9. The number of carbonyl (C=O) groups excluding carboxylic acids is 1. The summed E-state index contributed by atoms with van der Waals surface area (Å²) in [4.78, 5) is 23.3. The Labute approximate surface area is 106 Å². The average molecular weight is 281 g/mol. The van der Waals surface area contributed by atoms with Crippen molar-refractivity contribution in [2.45, 2.75) is 26.3 Å².